The van der Waals surface area contributed by atoms with Crippen molar-refractivity contribution in [3.05, 3.63) is 33.8 Å². The molecule has 0 saturated heterocycles. The Morgan fingerprint density at radius 3 is 2.35 bits per heavy atom. The van der Waals surface area contributed by atoms with E-state index in [1.807, 2.05) is 0 Å². The summed E-state index contributed by atoms with van der Waals surface area (Å²) in [5, 5.41) is 10.1. The second kappa shape index (κ2) is 6.87. The van der Waals surface area contributed by atoms with E-state index >= 15 is 0 Å². The Morgan fingerprint density at radius 1 is 1.29 bits per heavy atom. The third kappa shape index (κ3) is 3.90. The van der Waals surface area contributed by atoms with Crippen LogP contribution in [0.5, 0.6) is 0 Å². The number of aliphatic carboxylic acids is 1. The van der Waals surface area contributed by atoms with Gasteiger partial charge in [-0.2, -0.15) is 0 Å². The molecule has 0 aromatic heterocycles. The minimum absolute atomic E-state index is 0.432. The summed E-state index contributed by atoms with van der Waals surface area (Å²) >= 11 is 12.1. The minimum Gasteiger partial charge on any atom is -0.481 e. The first-order valence-electron chi connectivity index (χ1n) is 5.74. The van der Waals surface area contributed by atoms with Crippen LogP contribution in [0.1, 0.15) is 44.1 Å². The average Bonchev–Trinajstić information content (AvgIpc) is 2.26. The van der Waals surface area contributed by atoms with Crippen molar-refractivity contribution in [1.82, 2.24) is 0 Å². The van der Waals surface area contributed by atoms with Crippen molar-refractivity contribution in [1.29, 1.82) is 0 Å². The molecule has 0 radical (unpaired) electrons. The van der Waals surface area contributed by atoms with Crippen LogP contribution in [0.4, 0.5) is 0 Å². The van der Waals surface area contributed by atoms with Crippen molar-refractivity contribution in [2.24, 2.45) is 0 Å². The van der Waals surface area contributed by atoms with Crippen molar-refractivity contribution in [2.75, 3.05) is 0 Å². The Labute approximate surface area is 112 Å². The maximum Gasteiger partial charge on any atom is 0.311 e. The highest BCUT2D eigenvalue weighted by Gasteiger charge is 2.24. The summed E-state index contributed by atoms with van der Waals surface area (Å²) in [4.78, 5) is 11.3. The number of hydrogen-bond acceptors (Lipinski definition) is 1. The number of rotatable bonds is 6. The van der Waals surface area contributed by atoms with Crippen molar-refractivity contribution in [3.8, 4) is 0 Å². The van der Waals surface area contributed by atoms with Gasteiger partial charge < -0.3 is 5.11 Å². The summed E-state index contributed by atoms with van der Waals surface area (Å²) in [6, 6.07) is 5.08. The number of unbranched alkanes of at least 4 members (excludes halogenated alkanes) is 2. The monoisotopic (exact) mass is 274 g/mol. The van der Waals surface area contributed by atoms with Gasteiger partial charge in [-0.25, -0.2) is 0 Å². The Hall–Kier alpha value is -0.730. The summed E-state index contributed by atoms with van der Waals surface area (Å²) in [7, 11) is 0. The van der Waals surface area contributed by atoms with Crippen molar-refractivity contribution >= 4 is 29.2 Å². The first-order valence-corrected chi connectivity index (χ1v) is 6.50. The van der Waals surface area contributed by atoms with E-state index in [-0.39, 0.29) is 0 Å². The van der Waals surface area contributed by atoms with E-state index in [2.05, 4.69) is 6.92 Å². The Morgan fingerprint density at radius 2 is 1.88 bits per heavy atom. The predicted molar refractivity (Wildman–Crippen MR) is 71.0 cm³/mol. The molecular formula is C13H16Cl2O2. The summed E-state index contributed by atoms with van der Waals surface area (Å²) in [6.07, 6.45) is 3.52. The summed E-state index contributed by atoms with van der Waals surface area (Å²) in [5.41, 5.74) is 0.541. The Kier molecular flexibility index (Phi) is 5.79. The molecule has 4 heteroatoms. The summed E-state index contributed by atoms with van der Waals surface area (Å²) in [6.45, 7) is 2.08. The lowest BCUT2D eigenvalue weighted by molar-refractivity contribution is -0.139. The number of hydrogen-bond donors (Lipinski definition) is 1. The van der Waals surface area contributed by atoms with Gasteiger partial charge in [0.15, 0.2) is 0 Å². The molecule has 1 aromatic carbocycles. The molecule has 0 unspecified atom stereocenters. The molecule has 0 heterocycles. The molecule has 0 aliphatic carbocycles. The molecule has 0 bridgehead atoms. The molecule has 0 amide bonds. The van der Waals surface area contributed by atoms with Crippen LogP contribution < -0.4 is 0 Å². The number of carboxylic acid groups (broad SMARTS) is 1. The van der Waals surface area contributed by atoms with Gasteiger partial charge in [-0.1, -0.05) is 55.5 Å². The summed E-state index contributed by atoms with van der Waals surface area (Å²) < 4.78 is 0. The molecule has 1 atom stereocenters. The lowest BCUT2D eigenvalue weighted by Crippen LogP contribution is -2.12. The molecular weight excluding hydrogens is 259 g/mol. The molecule has 0 saturated carbocycles. The third-order valence-electron chi connectivity index (χ3n) is 2.74. The van der Waals surface area contributed by atoms with Crippen molar-refractivity contribution in [2.45, 2.75) is 38.5 Å². The highest BCUT2D eigenvalue weighted by atomic mass is 35.5. The predicted octanol–water partition coefficient (Wildman–Crippen LogP) is 4.74. The smallest absolute Gasteiger partial charge is 0.311 e. The van der Waals surface area contributed by atoms with Gasteiger partial charge in [-0.05, 0) is 18.6 Å². The van der Waals surface area contributed by atoms with Gasteiger partial charge in [0, 0.05) is 15.6 Å². The van der Waals surface area contributed by atoms with E-state index in [4.69, 9.17) is 23.2 Å². The van der Waals surface area contributed by atoms with E-state index in [0.717, 1.165) is 19.3 Å². The topological polar surface area (TPSA) is 37.3 Å². The van der Waals surface area contributed by atoms with Crippen LogP contribution in [-0.4, -0.2) is 11.1 Å². The SMILES string of the molecule is CCCCC[C@@H](C(=O)O)c1c(Cl)cccc1Cl. The zero-order chi connectivity index (χ0) is 12.8. The van der Waals surface area contributed by atoms with E-state index < -0.39 is 11.9 Å². The molecule has 1 rings (SSSR count). The molecule has 2 nitrogen and oxygen atoms in total. The van der Waals surface area contributed by atoms with E-state index in [1.165, 1.54) is 0 Å². The Balaban J connectivity index is 2.93. The first-order chi connectivity index (χ1) is 8.07. The fourth-order valence-corrected chi connectivity index (χ4v) is 2.49. The molecule has 0 aliphatic heterocycles. The van der Waals surface area contributed by atoms with Crippen LogP contribution in [0.3, 0.4) is 0 Å². The second-order valence-corrected chi connectivity index (χ2v) is 4.84. The lowest BCUT2D eigenvalue weighted by Gasteiger charge is -2.15. The van der Waals surface area contributed by atoms with E-state index in [9.17, 15) is 9.90 Å². The van der Waals surface area contributed by atoms with Crippen LogP contribution in [-0.2, 0) is 4.79 Å². The average molecular weight is 275 g/mol. The maximum atomic E-state index is 11.3. The number of benzene rings is 1. The minimum atomic E-state index is -0.865. The molecule has 17 heavy (non-hydrogen) atoms. The number of carbonyl (C=O) groups is 1. The fraction of sp³-hybridized carbons (Fsp3) is 0.462. The van der Waals surface area contributed by atoms with Gasteiger partial charge in [-0.15, -0.1) is 0 Å². The van der Waals surface area contributed by atoms with Crippen molar-refractivity contribution in [3.63, 3.8) is 0 Å². The molecule has 94 valence electrons. The Bertz CT molecular complexity index is 371. The van der Waals surface area contributed by atoms with Crippen LogP contribution in [0.2, 0.25) is 10.0 Å². The first kappa shape index (κ1) is 14.3. The standard InChI is InChI=1S/C13H16Cl2O2/c1-2-3-4-6-9(13(16)17)12-10(14)7-5-8-11(12)15/h5,7-9H,2-4,6H2,1H3,(H,16,17)/t9-/m1/s1. The van der Waals surface area contributed by atoms with E-state index in [0.29, 0.717) is 22.0 Å². The zero-order valence-corrected chi connectivity index (χ0v) is 11.3. The molecule has 0 spiro atoms. The second-order valence-electron chi connectivity index (χ2n) is 4.02. The molecule has 1 N–H and O–H groups in total. The van der Waals surface area contributed by atoms with Gasteiger partial charge in [0.05, 0.1) is 5.92 Å². The van der Waals surface area contributed by atoms with E-state index in [1.54, 1.807) is 18.2 Å². The van der Waals surface area contributed by atoms with Gasteiger partial charge >= 0.3 is 5.97 Å². The zero-order valence-electron chi connectivity index (χ0n) is 9.75. The maximum absolute atomic E-state index is 11.3. The van der Waals surface area contributed by atoms with Gasteiger partial charge in [0.2, 0.25) is 0 Å². The van der Waals surface area contributed by atoms with Crippen LogP contribution in [0.25, 0.3) is 0 Å². The highest BCUT2D eigenvalue weighted by molar-refractivity contribution is 6.36. The summed E-state index contributed by atoms with van der Waals surface area (Å²) in [5.74, 6) is -1.47. The highest BCUT2D eigenvalue weighted by Crippen LogP contribution is 2.34. The van der Waals surface area contributed by atoms with Crippen molar-refractivity contribution < 1.29 is 9.90 Å². The molecule has 1 aromatic rings. The normalized spacial score (nSPS) is 12.4. The number of carboxylic acids is 1. The quantitative estimate of drug-likeness (QED) is 0.761. The molecule has 0 aliphatic rings. The van der Waals surface area contributed by atoms with Gasteiger partial charge in [0.25, 0.3) is 0 Å². The van der Waals surface area contributed by atoms with Crippen LogP contribution in [0, 0.1) is 0 Å². The molecule has 0 fully saturated rings. The lowest BCUT2D eigenvalue weighted by atomic mass is 9.93. The van der Waals surface area contributed by atoms with Gasteiger partial charge in [0.1, 0.15) is 0 Å². The third-order valence-corrected chi connectivity index (χ3v) is 3.40. The fourth-order valence-electron chi connectivity index (χ4n) is 1.83. The largest absolute Gasteiger partial charge is 0.481 e. The van der Waals surface area contributed by atoms with Gasteiger partial charge in [-0.3, -0.25) is 4.79 Å². The van der Waals surface area contributed by atoms with Crippen LogP contribution >= 0.6 is 23.2 Å². The van der Waals surface area contributed by atoms with Crippen LogP contribution in [0.15, 0.2) is 18.2 Å². The number of halogens is 2.